The van der Waals surface area contributed by atoms with Gasteiger partial charge in [-0.3, -0.25) is 4.79 Å². The van der Waals surface area contributed by atoms with Crippen LogP contribution in [0.2, 0.25) is 0 Å². The van der Waals surface area contributed by atoms with Crippen molar-refractivity contribution in [3.05, 3.63) is 27.1 Å². The highest BCUT2D eigenvalue weighted by Gasteiger charge is 2.20. The van der Waals surface area contributed by atoms with E-state index in [1.165, 1.54) is 23.3 Å². The molecule has 0 fully saturated rings. The first-order valence-corrected chi connectivity index (χ1v) is 8.64. The molecule has 1 amide bonds. The Hall–Kier alpha value is -1.89. The first-order valence-electron chi connectivity index (χ1n) is 7.83. The highest BCUT2D eigenvalue weighted by molar-refractivity contribution is 7.15. The van der Waals surface area contributed by atoms with Crippen LogP contribution in [0.15, 0.2) is 15.3 Å². The molecular weight excluding hydrogens is 314 g/mol. The van der Waals surface area contributed by atoms with Crippen molar-refractivity contribution in [2.45, 2.75) is 58.5 Å². The second kappa shape index (κ2) is 5.96. The van der Waals surface area contributed by atoms with Crippen LogP contribution in [0.25, 0.3) is 10.8 Å². The molecule has 0 saturated heterocycles. The SMILES string of the molecule is CC(C)(C)NC(=O)Cn1nc(-c2cc3c(s2)CCCC3)oc1=O. The topological polar surface area (TPSA) is 77.1 Å². The monoisotopic (exact) mass is 335 g/mol. The molecule has 124 valence electrons. The van der Waals surface area contributed by atoms with E-state index in [9.17, 15) is 9.59 Å². The van der Waals surface area contributed by atoms with Crippen LogP contribution in [0, 0.1) is 0 Å². The van der Waals surface area contributed by atoms with Gasteiger partial charge in [-0.2, -0.15) is 4.68 Å². The van der Waals surface area contributed by atoms with Crippen LogP contribution in [0.4, 0.5) is 0 Å². The maximum atomic E-state index is 11.9. The van der Waals surface area contributed by atoms with Crippen LogP contribution in [0.1, 0.15) is 44.1 Å². The molecule has 6 nitrogen and oxygen atoms in total. The summed E-state index contributed by atoms with van der Waals surface area (Å²) in [6.07, 6.45) is 4.57. The number of amides is 1. The zero-order valence-corrected chi connectivity index (χ0v) is 14.5. The molecule has 0 atom stereocenters. The van der Waals surface area contributed by atoms with E-state index < -0.39 is 5.76 Å². The van der Waals surface area contributed by atoms with Crippen molar-refractivity contribution >= 4 is 17.2 Å². The van der Waals surface area contributed by atoms with Gasteiger partial charge in [-0.15, -0.1) is 16.4 Å². The lowest BCUT2D eigenvalue weighted by Gasteiger charge is -2.19. The van der Waals surface area contributed by atoms with Crippen LogP contribution in [-0.4, -0.2) is 21.2 Å². The van der Waals surface area contributed by atoms with Gasteiger partial charge in [0.25, 0.3) is 5.89 Å². The number of thiophene rings is 1. The van der Waals surface area contributed by atoms with Crippen molar-refractivity contribution in [3.8, 4) is 10.8 Å². The van der Waals surface area contributed by atoms with Gasteiger partial charge >= 0.3 is 5.76 Å². The van der Waals surface area contributed by atoms with Crippen molar-refractivity contribution in [2.75, 3.05) is 0 Å². The number of rotatable bonds is 3. The van der Waals surface area contributed by atoms with Crippen LogP contribution in [0.3, 0.4) is 0 Å². The minimum absolute atomic E-state index is 0.134. The Morgan fingerprint density at radius 1 is 1.39 bits per heavy atom. The lowest BCUT2D eigenvalue weighted by Crippen LogP contribution is -2.43. The zero-order chi connectivity index (χ0) is 16.6. The summed E-state index contributed by atoms with van der Waals surface area (Å²) >= 11 is 1.63. The second-order valence-electron chi connectivity index (χ2n) is 6.90. The number of aryl methyl sites for hydroxylation is 2. The molecule has 0 aromatic carbocycles. The average Bonchev–Trinajstić information content (AvgIpc) is 3.00. The molecule has 0 saturated carbocycles. The number of nitrogens with one attached hydrogen (secondary N) is 1. The molecule has 2 aromatic heterocycles. The first-order chi connectivity index (χ1) is 10.8. The fourth-order valence-electron chi connectivity index (χ4n) is 2.70. The molecular formula is C16H21N3O3S. The zero-order valence-electron chi connectivity index (χ0n) is 13.6. The molecule has 1 aliphatic rings. The van der Waals surface area contributed by atoms with E-state index in [0.717, 1.165) is 22.4 Å². The molecule has 2 heterocycles. The Morgan fingerprint density at radius 2 is 2.13 bits per heavy atom. The number of nitrogens with zero attached hydrogens (tertiary/aromatic N) is 2. The fraction of sp³-hybridized carbons (Fsp3) is 0.562. The van der Waals surface area contributed by atoms with E-state index in [1.807, 2.05) is 20.8 Å². The van der Waals surface area contributed by atoms with Crippen molar-refractivity contribution in [3.63, 3.8) is 0 Å². The van der Waals surface area contributed by atoms with Crippen molar-refractivity contribution in [1.29, 1.82) is 0 Å². The van der Waals surface area contributed by atoms with Crippen LogP contribution >= 0.6 is 11.3 Å². The molecule has 7 heteroatoms. The van der Waals surface area contributed by atoms with Gasteiger partial charge in [0.1, 0.15) is 6.54 Å². The molecule has 3 rings (SSSR count). The van der Waals surface area contributed by atoms with Crippen molar-refractivity contribution in [1.82, 2.24) is 15.1 Å². The normalized spacial score (nSPS) is 14.6. The summed E-state index contributed by atoms with van der Waals surface area (Å²) in [6, 6.07) is 2.06. The Labute approximate surface area is 138 Å². The number of fused-ring (bicyclic) bond motifs is 1. The lowest BCUT2D eigenvalue weighted by molar-refractivity contribution is -0.123. The minimum Gasteiger partial charge on any atom is -0.387 e. The number of hydrogen-bond acceptors (Lipinski definition) is 5. The number of hydrogen-bond donors (Lipinski definition) is 1. The van der Waals surface area contributed by atoms with Gasteiger partial charge in [0.05, 0.1) is 4.88 Å². The molecule has 0 unspecified atom stereocenters. The van der Waals surface area contributed by atoms with Gasteiger partial charge in [0.2, 0.25) is 5.91 Å². The van der Waals surface area contributed by atoms with E-state index >= 15 is 0 Å². The van der Waals surface area contributed by atoms with E-state index in [0.29, 0.717) is 5.89 Å². The van der Waals surface area contributed by atoms with Crippen molar-refractivity contribution in [2.24, 2.45) is 0 Å². The third-order valence-electron chi connectivity index (χ3n) is 3.62. The predicted molar refractivity (Wildman–Crippen MR) is 88.6 cm³/mol. The highest BCUT2D eigenvalue weighted by Crippen LogP contribution is 2.34. The maximum Gasteiger partial charge on any atom is 0.437 e. The Balaban J connectivity index is 1.79. The summed E-state index contributed by atoms with van der Waals surface area (Å²) in [5.41, 5.74) is 0.985. The largest absolute Gasteiger partial charge is 0.437 e. The smallest absolute Gasteiger partial charge is 0.387 e. The van der Waals surface area contributed by atoms with Gasteiger partial charge in [-0.05, 0) is 58.1 Å². The van der Waals surface area contributed by atoms with Gasteiger partial charge in [-0.1, -0.05) is 0 Å². The van der Waals surface area contributed by atoms with Crippen LogP contribution in [-0.2, 0) is 24.2 Å². The third-order valence-corrected chi connectivity index (χ3v) is 4.85. The quantitative estimate of drug-likeness (QED) is 0.934. The summed E-state index contributed by atoms with van der Waals surface area (Å²) in [5, 5.41) is 6.99. The molecule has 1 N–H and O–H groups in total. The van der Waals surface area contributed by atoms with Gasteiger partial charge in [0, 0.05) is 10.4 Å². The number of aromatic nitrogens is 2. The average molecular weight is 335 g/mol. The summed E-state index contributed by atoms with van der Waals surface area (Å²) < 4.78 is 6.31. The summed E-state index contributed by atoms with van der Waals surface area (Å²) in [4.78, 5) is 26.1. The first kappa shape index (κ1) is 16.0. The predicted octanol–water partition coefficient (Wildman–Crippen LogP) is 2.36. The van der Waals surface area contributed by atoms with E-state index in [-0.39, 0.29) is 18.0 Å². The molecule has 0 bridgehead atoms. The standard InChI is InChI=1S/C16H21N3O3S/c1-16(2,3)17-13(20)9-19-15(21)22-14(18-19)12-8-10-6-4-5-7-11(10)23-12/h8H,4-7,9H2,1-3H3,(H,17,20). The van der Waals surface area contributed by atoms with Gasteiger partial charge < -0.3 is 9.73 Å². The van der Waals surface area contributed by atoms with Crippen LogP contribution in [0.5, 0.6) is 0 Å². The summed E-state index contributed by atoms with van der Waals surface area (Å²) in [6.45, 7) is 5.53. The Kier molecular flexibility index (Phi) is 4.14. The lowest BCUT2D eigenvalue weighted by atomic mass is 9.99. The minimum atomic E-state index is -0.601. The van der Waals surface area contributed by atoms with E-state index in [4.69, 9.17) is 4.42 Å². The second-order valence-corrected chi connectivity index (χ2v) is 8.03. The Morgan fingerprint density at radius 3 is 2.83 bits per heavy atom. The molecule has 2 aromatic rings. The van der Waals surface area contributed by atoms with E-state index in [1.54, 1.807) is 11.3 Å². The van der Waals surface area contributed by atoms with Gasteiger partial charge in [-0.25, -0.2) is 4.79 Å². The molecule has 0 spiro atoms. The van der Waals surface area contributed by atoms with Crippen molar-refractivity contribution < 1.29 is 9.21 Å². The Bertz CT molecular complexity index is 756. The summed E-state index contributed by atoms with van der Waals surface area (Å²) in [7, 11) is 0. The van der Waals surface area contributed by atoms with Crippen LogP contribution < -0.4 is 11.1 Å². The molecule has 23 heavy (non-hydrogen) atoms. The molecule has 0 aliphatic heterocycles. The fourth-order valence-corrected chi connectivity index (χ4v) is 3.87. The summed E-state index contributed by atoms with van der Waals surface area (Å²) in [5.74, 6) is -0.557. The molecule has 0 radical (unpaired) electrons. The highest BCUT2D eigenvalue weighted by atomic mass is 32.1. The van der Waals surface area contributed by atoms with Gasteiger partial charge in [0.15, 0.2) is 0 Å². The molecule has 1 aliphatic carbocycles. The number of carbonyl (C=O) groups is 1. The third kappa shape index (κ3) is 3.72. The number of carbonyl (C=O) groups excluding carboxylic acids is 1. The van der Waals surface area contributed by atoms with E-state index in [2.05, 4.69) is 16.5 Å². The maximum absolute atomic E-state index is 11.9.